The molecular formula is C34H49BN6O7. The van der Waals surface area contributed by atoms with Gasteiger partial charge < -0.3 is 30.4 Å². The number of hydrogen-bond donors (Lipinski definition) is 4. The van der Waals surface area contributed by atoms with E-state index in [2.05, 4.69) is 50.2 Å². The maximum atomic E-state index is 14.0. The summed E-state index contributed by atoms with van der Waals surface area (Å²) in [6.45, 7) is 12.7. The number of guanidine groups is 1. The van der Waals surface area contributed by atoms with Gasteiger partial charge in [0.05, 0.1) is 17.6 Å². The van der Waals surface area contributed by atoms with Crippen LogP contribution in [0.4, 0.5) is 0 Å². The van der Waals surface area contributed by atoms with Crippen LogP contribution in [0.25, 0.3) is 10.8 Å². The molecule has 4 fully saturated rings. The van der Waals surface area contributed by atoms with Gasteiger partial charge in [0, 0.05) is 6.54 Å². The van der Waals surface area contributed by atoms with Gasteiger partial charge in [-0.15, -0.1) is 0 Å². The van der Waals surface area contributed by atoms with Gasteiger partial charge in [-0.1, -0.05) is 63.5 Å². The molecule has 1 unspecified atom stereocenters. The summed E-state index contributed by atoms with van der Waals surface area (Å²) in [5, 5.41) is 17.9. The van der Waals surface area contributed by atoms with E-state index in [1.54, 1.807) is 18.4 Å². The summed E-state index contributed by atoms with van der Waals surface area (Å²) in [5.41, 5.74) is 7.11. The number of benzene rings is 2. The van der Waals surface area contributed by atoms with Gasteiger partial charge >= 0.3 is 7.12 Å². The number of nitrogens with two attached hydrogens (primary N) is 1. The van der Waals surface area contributed by atoms with Crippen molar-refractivity contribution in [2.45, 2.75) is 103 Å². The smallest absolute Gasteiger partial charge is 0.481 e. The van der Waals surface area contributed by atoms with Crippen molar-refractivity contribution in [3.8, 4) is 5.75 Å². The largest absolute Gasteiger partial charge is 0.481 e. The van der Waals surface area contributed by atoms with E-state index in [1.165, 1.54) is 0 Å². The number of nitrogens with zero attached hydrogens (tertiary/aromatic N) is 2. The van der Waals surface area contributed by atoms with Crippen LogP contribution in [0.3, 0.4) is 0 Å². The first-order chi connectivity index (χ1) is 22.7. The predicted octanol–water partition coefficient (Wildman–Crippen LogP) is 3.77. The van der Waals surface area contributed by atoms with Crippen molar-refractivity contribution in [2.75, 3.05) is 6.54 Å². The highest BCUT2D eigenvalue weighted by atomic mass is 16.7. The number of amides is 2. The van der Waals surface area contributed by atoms with Gasteiger partial charge in [0.25, 0.3) is 11.9 Å². The number of nitro groups is 1. The van der Waals surface area contributed by atoms with Gasteiger partial charge in [0.15, 0.2) is 11.1 Å². The monoisotopic (exact) mass is 664 g/mol. The Kier molecular flexibility index (Phi) is 10.5. The van der Waals surface area contributed by atoms with E-state index in [0.29, 0.717) is 30.4 Å². The quantitative estimate of drug-likeness (QED) is 0.0584. The summed E-state index contributed by atoms with van der Waals surface area (Å²) in [5.74, 6) is 0.108. The molecule has 260 valence electrons. The second-order valence-electron chi connectivity index (χ2n) is 14.7. The zero-order valence-electron chi connectivity index (χ0n) is 28.7. The van der Waals surface area contributed by atoms with Crippen molar-refractivity contribution in [1.82, 2.24) is 16.1 Å². The molecule has 2 amide bonds. The maximum Gasteiger partial charge on any atom is 0.481 e. The molecule has 1 aliphatic heterocycles. The van der Waals surface area contributed by atoms with Crippen molar-refractivity contribution in [2.24, 2.45) is 33.9 Å². The van der Waals surface area contributed by atoms with Gasteiger partial charge in [-0.25, -0.2) is 15.1 Å². The van der Waals surface area contributed by atoms with Gasteiger partial charge in [-0.05, 0) is 92.0 Å². The van der Waals surface area contributed by atoms with Crippen LogP contribution >= 0.6 is 0 Å². The zero-order valence-corrected chi connectivity index (χ0v) is 28.7. The number of hydrazine groups is 1. The fourth-order valence-electron chi connectivity index (χ4n) is 7.78. The van der Waals surface area contributed by atoms with Crippen LogP contribution < -0.4 is 26.5 Å². The van der Waals surface area contributed by atoms with E-state index >= 15 is 0 Å². The predicted molar refractivity (Wildman–Crippen MR) is 183 cm³/mol. The fourth-order valence-corrected chi connectivity index (χ4v) is 7.78. The topological polar surface area (TPSA) is 179 Å². The SMILES string of the molecule is CC(C)C[C@H](NC(=O)[C@H](CCCN=C(N)N[N+](=O)[O-])NC(=O)C(C)Oc1ccc2ccccc2c1)B1O[C@@H]2C[C@H]3C[C@H](C3(C)C)[C@]2(C)O1. The third-order valence-corrected chi connectivity index (χ3v) is 10.5. The molecule has 4 aliphatic rings. The maximum absolute atomic E-state index is 14.0. The summed E-state index contributed by atoms with van der Waals surface area (Å²) >= 11 is 0. The van der Waals surface area contributed by atoms with E-state index in [-0.39, 0.29) is 42.3 Å². The number of carbonyl (C=O) groups is 2. The molecule has 1 heterocycles. The summed E-state index contributed by atoms with van der Waals surface area (Å²) in [6.07, 6.45) is 2.26. The number of rotatable bonds is 14. The first-order valence-corrected chi connectivity index (χ1v) is 17.0. The van der Waals surface area contributed by atoms with E-state index in [9.17, 15) is 19.7 Å². The number of aliphatic imine (C=N–C) groups is 1. The summed E-state index contributed by atoms with van der Waals surface area (Å²) < 4.78 is 19.2. The molecule has 48 heavy (non-hydrogen) atoms. The molecule has 14 heteroatoms. The van der Waals surface area contributed by atoms with Crippen LogP contribution in [0.2, 0.25) is 0 Å². The first kappa shape index (κ1) is 35.4. The summed E-state index contributed by atoms with van der Waals surface area (Å²) in [7, 11) is -0.620. The number of carbonyl (C=O) groups excluding carboxylic acids is 2. The van der Waals surface area contributed by atoms with Crippen LogP contribution in [0, 0.1) is 33.3 Å². The highest BCUT2D eigenvalue weighted by molar-refractivity contribution is 6.48. The minimum atomic E-state index is -0.944. The Balaban J connectivity index is 1.28. The molecule has 5 N–H and O–H groups in total. The minimum absolute atomic E-state index is 0.0365. The Morgan fingerprint density at radius 3 is 2.52 bits per heavy atom. The molecule has 7 atom stereocenters. The highest BCUT2D eigenvalue weighted by Crippen LogP contribution is 2.65. The molecule has 0 aromatic heterocycles. The van der Waals surface area contributed by atoms with Gasteiger partial charge in [-0.2, -0.15) is 0 Å². The molecule has 0 spiro atoms. The Hall–Kier alpha value is -3.91. The van der Waals surface area contributed by atoms with E-state index in [0.717, 1.165) is 23.6 Å². The lowest BCUT2D eigenvalue weighted by atomic mass is 9.43. The average molecular weight is 665 g/mol. The minimum Gasteiger partial charge on any atom is -0.481 e. The lowest BCUT2D eigenvalue weighted by Crippen LogP contribution is -2.65. The van der Waals surface area contributed by atoms with Crippen LogP contribution in [0.5, 0.6) is 5.75 Å². The lowest BCUT2D eigenvalue weighted by Gasteiger charge is -2.64. The average Bonchev–Trinajstić information content (AvgIpc) is 3.38. The number of fused-ring (bicyclic) bond motifs is 1. The zero-order chi connectivity index (χ0) is 34.8. The lowest BCUT2D eigenvalue weighted by molar-refractivity contribution is -0.525. The second-order valence-corrected chi connectivity index (χ2v) is 14.7. The molecule has 0 radical (unpaired) electrons. The number of hydrogen-bond acceptors (Lipinski definition) is 8. The van der Waals surface area contributed by atoms with Crippen molar-refractivity contribution >= 4 is 35.7 Å². The van der Waals surface area contributed by atoms with Gasteiger partial charge in [0.1, 0.15) is 11.8 Å². The van der Waals surface area contributed by atoms with Crippen molar-refractivity contribution in [3.05, 3.63) is 52.6 Å². The normalized spacial score (nSPS) is 26.2. The molecule has 13 nitrogen and oxygen atoms in total. The van der Waals surface area contributed by atoms with Crippen molar-refractivity contribution in [1.29, 1.82) is 0 Å². The number of nitrogens with one attached hydrogen (secondary N) is 3. The third kappa shape index (κ3) is 7.70. The molecule has 2 aromatic rings. The Bertz CT molecular complexity index is 1540. The van der Waals surface area contributed by atoms with Crippen molar-refractivity contribution < 1.29 is 28.7 Å². The molecule has 3 saturated carbocycles. The molecule has 1 saturated heterocycles. The summed E-state index contributed by atoms with van der Waals surface area (Å²) in [6, 6.07) is 12.5. The molecular weight excluding hydrogens is 615 g/mol. The molecule has 3 aliphatic carbocycles. The molecule has 6 rings (SSSR count). The first-order valence-electron chi connectivity index (χ1n) is 17.0. The fraction of sp³-hybridized carbons (Fsp3) is 0.618. The standard InChI is InChI=1S/C34H49BN6O7/c1-20(2)16-29(35-47-28-19-24-18-27(33(24,4)5)34(28,6)48-35)39-31(43)26(12-9-15-37-32(36)40-41(44)45)38-30(42)21(3)46-25-14-13-22-10-7-8-11-23(22)17-25/h7-8,10-11,13-14,17,20-21,24,26-29H,9,12,15-16,18-19H2,1-6H3,(H,38,42)(H,39,43)(H3,36,37,40)/t21?,24-,26+,27-,28-,29+,34+/m1/s1. The van der Waals surface area contributed by atoms with Crippen LogP contribution in [0.1, 0.15) is 73.6 Å². The van der Waals surface area contributed by atoms with Crippen LogP contribution in [-0.4, -0.2) is 66.3 Å². The Morgan fingerprint density at radius 1 is 1.10 bits per heavy atom. The van der Waals surface area contributed by atoms with E-state index in [4.69, 9.17) is 19.8 Å². The second kappa shape index (κ2) is 14.3. The third-order valence-electron chi connectivity index (χ3n) is 10.5. The van der Waals surface area contributed by atoms with Crippen molar-refractivity contribution in [3.63, 3.8) is 0 Å². The Labute approximate surface area is 282 Å². The van der Waals surface area contributed by atoms with E-state index in [1.807, 2.05) is 36.4 Å². The highest BCUT2D eigenvalue weighted by Gasteiger charge is 2.68. The van der Waals surface area contributed by atoms with Crippen LogP contribution in [0.15, 0.2) is 47.5 Å². The Morgan fingerprint density at radius 2 is 1.83 bits per heavy atom. The molecule has 2 aromatic carbocycles. The number of ether oxygens (including phenoxy) is 1. The van der Waals surface area contributed by atoms with Gasteiger partial charge in [-0.3, -0.25) is 9.59 Å². The van der Waals surface area contributed by atoms with Crippen LogP contribution in [-0.2, 0) is 18.9 Å². The molecule has 2 bridgehead atoms. The summed E-state index contributed by atoms with van der Waals surface area (Å²) in [4.78, 5) is 42.0. The van der Waals surface area contributed by atoms with E-state index < -0.39 is 41.7 Å². The van der Waals surface area contributed by atoms with Gasteiger partial charge in [0.2, 0.25) is 5.91 Å².